The summed E-state index contributed by atoms with van der Waals surface area (Å²) in [6.07, 6.45) is 0.484. The summed E-state index contributed by atoms with van der Waals surface area (Å²) in [6, 6.07) is 0.857. The van der Waals surface area contributed by atoms with Gasteiger partial charge in [0.2, 0.25) is 5.95 Å². The highest BCUT2D eigenvalue weighted by molar-refractivity contribution is 6.21. The Morgan fingerprint density at radius 2 is 2.00 bits per heavy atom. The van der Waals surface area contributed by atoms with Gasteiger partial charge < -0.3 is 4.90 Å². The molecule has 3 nitrogen and oxygen atoms in total. The minimum Gasteiger partial charge on any atom is -0.339 e. The molecule has 0 aromatic carbocycles. The van der Waals surface area contributed by atoms with E-state index < -0.39 is 11.9 Å². The predicted octanol–water partition coefficient (Wildman–Crippen LogP) is 3.48. The van der Waals surface area contributed by atoms with Gasteiger partial charge in [0.1, 0.15) is 5.69 Å². The number of aromatic nitrogens is 2. The molecule has 0 bridgehead atoms. The SMILES string of the molecule is CN(c1nccc(C(F)(F)F)n1)C1CCCCC1Cl. The molecule has 0 spiro atoms. The lowest BCUT2D eigenvalue weighted by Crippen LogP contribution is -2.42. The van der Waals surface area contributed by atoms with Crippen LogP contribution < -0.4 is 4.90 Å². The smallest absolute Gasteiger partial charge is 0.339 e. The molecular weight excluding hydrogens is 279 g/mol. The number of rotatable bonds is 2. The van der Waals surface area contributed by atoms with Crippen LogP contribution in [0.1, 0.15) is 31.4 Å². The summed E-state index contributed by atoms with van der Waals surface area (Å²) in [5, 5.41) is -0.0723. The van der Waals surface area contributed by atoms with Crippen LogP contribution in [0.2, 0.25) is 0 Å². The normalized spacial score (nSPS) is 24.3. The van der Waals surface area contributed by atoms with Crippen molar-refractivity contribution in [3.05, 3.63) is 18.0 Å². The lowest BCUT2D eigenvalue weighted by atomic mass is 9.94. The summed E-state index contributed by atoms with van der Waals surface area (Å²) in [5.74, 6) is 0.0763. The maximum atomic E-state index is 12.6. The van der Waals surface area contributed by atoms with Crippen LogP contribution in [0.5, 0.6) is 0 Å². The Morgan fingerprint density at radius 1 is 1.32 bits per heavy atom. The van der Waals surface area contributed by atoms with E-state index in [1.54, 1.807) is 11.9 Å². The first-order valence-corrected chi connectivity index (χ1v) is 6.60. The fourth-order valence-electron chi connectivity index (χ4n) is 2.33. The maximum absolute atomic E-state index is 12.6. The Labute approximate surface area is 114 Å². The van der Waals surface area contributed by atoms with Crippen molar-refractivity contribution in [2.75, 3.05) is 11.9 Å². The lowest BCUT2D eigenvalue weighted by molar-refractivity contribution is -0.141. The van der Waals surface area contributed by atoms with Crippen LogP contribution in [0.3, 0.4) is 0 Å². The maximum Gasteiger partial charge on any atom is 0.433 e. The van der Waals surface area contributed by atoms with Crippen molar-refractivity contribution in [3.8, 4) is 0 Å². The largest absolute Gasteiger partial charge is 0.433 e. The van der Waals surface area contributed by atoms with Gasteiger partial charge in [-0.15, -0.1) is 11.6 Å². The summed E-state index contributed by atoms with van der Waals surface area (Å²) in [5.41, 5.74) is -0.925. The minimum absolute atomic E-state index is 0.0149. The average Bonchev–Trinajstić information content (AvgIpc) is 2.38. The Bertz CT molecular complexity index is 438. The minimum atomic E-state index is -4.45. The van der Waals surface area contributed by atoms with Crippen LogP contribution in [0.4, 0.5) is 19.1 Å². The molecule has 1 fully saturated rings. The van der Waals surface area contributed by atoms with Crippen molar-refractivity contribution in [2.45, 2.75) is 43.3 Å². The second-order valence-corrected chi connectivity index (χ2v) is 5.28. The van der Waals surface area contributed by atoms with Crippen LogP contribution in [-0.4, -0.2) is 28.4 Å². The highest BCUT2D eigenvalue weighted by atomic mass is 35.5. The van der Waals surface area contributed by atoms with Crippen molar-refractivity contribution in [1.82, 2.24) is 9.97 Å². The predicted molar refractivity (Wildman–Crippen MR) is 67.3 cm³/mol. The first-order valence-electron chi connectivity index (χ1n) is 6.17. The van der Waals surface area contributed by atoms with E-state index in [4.69, 9.17) is 11.6 Å². The van der Waals surface area contributed by atoms with Gasteiger partial charge in [-0.05, 0) is 18.9 Å². The van der Waals surface area contributed by atoms with Gasteiger partial charge >= 0.3 is 6.18 Å². The van der Waals surface area contributed by atoms with Gasteiger partial charge in [-0.1, -0.05) is 12.8 Å². The van der Waals surface area contributed by atoms with Crippen molar-refractivity contribution < 1.29 is 13.2 Å². The number of hydrogen-bond donors (Lipinski definition) is 0. The molecule has 1 aliphatic rings. The average molecular weight is 294 g/mol. The molecule has 2 rings (SSSR count). The molecule has 0 N–H and O–H groups in total. The highest BCUT2D eigenvalue weighted by Gasteiger charge is 2.34. The number of anilines is 1. The Morgan fingerprint density at radius 3 is 2.63 bits per heavy atom. The quantitative estimate of drug-likeness (QED) is 0.782. The third-order valence-electron chi connectivity index (χ3n) is 3.39. The molecule has 0 aliphatic heterocycles. The molecule has 19 heavy (non-hydrogen) atoms. The molecule has 1 saturated carbocycles. The molecule has 1 heterocycles. The molecule has 1 aromatic heterocycles. The second kappa shape index (κ2) is 5.53. The van der Waals surface area contributed by atoms with Gasteiger partial charge in [-0.3, -0.25) is 0 Å². The topological polar surface area (TPSA) is 29.0 Å². The standard InChI is InChI=1S/C12H15ClF3N3/c1-19(9-5-3-2-4-8(9)13)11-17-7-6-10(18-11)12(14,15)16/h6-9H,2-5H2,1H3. The van der Waals surface area contributed by atoms with Gasteiger partial charge in [0.15, 0.2) is 0 Å². The second-order valence-electron chi connectivity index (χ2n) is 4.72. The Kier molecular flexibility index (Phi) is 4.18. The molecule has 7 heteroatoms. The number of nitrogens with zero attached hydrogens (tertiary/aromatic N) is 3. The van der Waals surface area contributed by atoms with Crippen molar-refractivity contribution in [2.24, 2.45) is 0 Å². The van der Waals surface area contributed by atoms with Gasteiger partial charge in [0.05, 0.1) is 5.38 Å². The molecule has 0 amide bonds. The van der Waals surface area contributed by atoms with Crippen molar-refractivity contribution >= 4 is 17.5 Å². The molecular formula is C12H15ClF3N3. The Hall–Kier alpha value is -1.04. The Balaban J connectivity index is 2.21. The zero-order valence-corrected chi connectivity index (χ0v) is 11.2. The molecule has 106 valence electrons. The van der Waals surface area contributed by atoms with E-state index in [9.17, 15) is 13.2 Å². The third kappa shape index (κ3) is 3.29. The van der Waals surface area contributed by atoms with Gasteiger partial charge in [-0.25, -0.2) is 9.97 Å². The van der Waals surface area contributed by atoms with Crippen LogP contribution in [0, 0.1) is 0 Å². The van der Waals surface area contributed by atoms with Crippen molar-refractivity contribution in [3.63, 3.8) is 0 Å². The number of halogens is 4. The van der Waals surface area contributed by atoms with E-state index in [0.29, 0.717) is 0 Å². The van der Waals surface area contributed by atoms with E-state index in [-0.39, 0.29) is 17.4 Å². The van der Waals surface area contributed by atoms with Gasteiger partial charge in [-0.2, -0.15) is 13.2 Å². The van der Waals surface area contributed by atoms with Crippen LogP contribution in [0.25, 0.3) is 0 Å². The third-order valence-corrected chi connectivity index (χ3v) is 3.90. The van der Waals surface area contributed by atoms with E-state index in [0.717, 1.165) is 37.9 Å². The summed E-state index contributed by atoms with van der Waals surface area (Å²) < 4.78 is 37.8. The summed E-state index contributed by atoms with van der Waals surface area (Å²) in [7, 11) is 1.70. The lowest BCUT2D eigenvalue weighted by Gasteiger charge is -2.34. The van der Waals surface area contributed by atoms with E-state index >= 15 is 0 Å². The molecule has 0 radical (unpaired) electrons. The fraction of sp³-hybridized carbons (Fsp3) is 0.667. The zero-order chi connectivity index (χ0) is 14.0. The van der Waals surface area contributed by atoms with Crippen LogP contribution in [0.15, 0.2) is 12.3 Å². The monoisotopic (exact) mass is 293 g/mol. The van der Waals surface area contributed by atoms with Gasteiger partial charge in [0.25, 0.3) is 0 Å². The van der Waals surface area contributed by atoms with E-state index in [2.05, 4.69) is 9.97 Å². The van der Waals surface area contributed by atoms with E-state index in [1.165, 1.54) is 0 Å². The zero-order valence-electron chi connectivity index (χ0n) is 10.5. The molecule has 1 aliphatic carbocycles. The highest BCUT2D eigenvalue weighted by Crippen LogP contribution is 2.31. The molecule has 2 atom stereocenters. The fourth-order valence-corrected chi connectivity index (χ4v) is 2.78. The summed E-state index contributed by atoms with van der Waals surface area (Å²) in [4.78, 5) is 9.16. The summed E-state index contributed by atoms with van der Waals surface area (Å²) >= 11 is 6.24. The van der Waals surface area contributed by atoms with E-state index in [1.807, 2.05) is 0 Å². The molecule has 2 unspecified atom stereocenters. The molecule has 0 saturated heterocycles. The van der Waals surface area contributed by atoms with Crippen molar-refractivity contribution in [1.29, 1.82) is 0 Å². The first kappa shape index (κ1) is 14.4. The first-order chi connectivity index (χ1) is 8.89. The number of alkyl halides is 4. The van der Waals surface area contributed by atoms with Gasteiger partial charge in [0, 0.05) is 19.3 Å². The van der Waals surface area contributed by atoms with Crippen LogP contribution in [-0.2, 0) is 6.18 Å². The summed E-state index contributed by atoms with van der Waals surface area (Å²) in [6.45, 7) is 0. The van der Waals surface area contributed by atoms with Crippen LogP contribution >= 0.6 is 11.6 Å². The number of hydrogen-bond acceptors (Lipinski definition) is 3. The molecule has 1 aromatic rings.